The Labute approximate surface area is 225 Å². The Morgan fingerprint density at radius 2 is 1.84 bits per heavy atom. The normalized spacial score (nSPS) is 13.8. The third-order valence-corrected chi connectivity index (χ3v) is 6.07. The number of methoxy groups -OCH3 is 1. The largest absolute Gasteiger partial charge is 0.495 e. The first-order chi connectivity index (χ1) is 18.2. The number of urea groups is 1. The number of rotatable bonds is 9. The molecule has 0 aromatic heterocycles. The van der Waals surface area contributed by atoms with Gasteiger partial charge in [0, 0.05) is 12.1 Å². The summed E-state index contributed by atoms with van der Waals surface area (Å²) < 4.78 is 11.6. The summed E-state index contributed by atoms with van der Waals surface area (Å²) in [7, 11) is 1.47. The molecule has 0 bridgehead atoms. The van der Waals surface area contributed by atoms with Crippen molar-refractivity contribution in [3.8, 4) is 11.5 Å². The van der Waals surface area contributed by atoms with E-state index in [1.165, 1.54) is 25.3 Å². The molecule has 0 aliphatic carbocycles. The molecule has 0 atom stereocenters. The Morgan fingerprint density at radius 3 is 2.53 bits per heavy atom. The number of hydrogen-bond donors (Lipinski definition) is 2. The predicted octanol–water partition coefficient (Wildman–Crippen LogP) is 4.48. The molecule has 11 nitrogen and oxygen atoms in total. The molecular weight excluding hydrogens is 560 g/mol. The van der Waals surface area contributed by atoms with E-state index >= 15 is 0 Å². The molecular formula is C26H21BrN4O7. The highest BCUT2D eigenvalue weighted by Crippen LogP contribution is 2.28. The third kappa shape index (κ3) is 6.16. The van der Waals surface area contributed by atoms with E-state index in [4.69, 9.17) is 9.47 Å². The summed E-state index contributed by atoms with van der Waals surface area (Å²) in [5.74, 6) is -0.234. The molecule has 3 aromatic carbocycles. The highest BCUT2D eigenvalue weighted by molar-refractivity contribution is 9.10. The van der Waals surface area contributed by atoms with Gasteiger partial charge in [0.15, 0.2) is 0 Å². The van der Waals surface area contributed by atoms with Gasteiger partial charge in [0.05, 0.1) is 22.2 Å². The Bertz CT molecular complexity index is 1440. The van der Waals surface area contributed by atoms with E-state index in [-0.39, 0.29) is 18.0 Å². The second-order valence-corrected chi connectivity index (χ2v) is 8.88. The molecule has 3 aromatic rings. The molecule has 0 saturated carbocycles. The molecule has 194 valence electrons. The van der Waals surface area contributed by atoms with Crippen LogP contribution in [0.5, 0.6) is 11.5 Å². The standard InChI is InChI=1S/C26H21BrN4O7/c1-37-23-5-3-2-4-20(23)28-24(32)14-30-25(33)21(29-26(30)34)13-17-8-11-22(19(27)12-17)38-15-16-6-9-18(10-7-16)31(35)36/h2-13H,14-15H2,1H3,(H,28,32)(H,29,34)/b21-13+. The van der Waals surface area contributed by atoms with E-state index in [1.807, 2.05) is 0 Å². The SMILES string of the molecule is COc1ccccc1NC(=O)CN1C(=O)N/C(=C/c2ccc(OCc3ccc([N+](=O)[O-])cc3)c(Br)c2)C1=O. The average Bonchev–Trinajstić information content (AvgIpc) is 3.16. The molecule has 1 aliphatic heterocycles. The van der Waals surface area contributed by atoms with E-state index in [2.05, 4.69) is 26.6 Å². The van der Waals surface area contributed by atoms with Gasteiger partial charge in [-0.05, 0) is 69.5 Å². The molecule has 12 heteroatoms. The molecule has 0 spiro atoms. The van der Waals surface area contributed by atoms with Crippen molar-refractivity contribution in [1.29, 1.82) is 0 Å². The summed E-state index contributed by atoms with van der Waals surface area (Å²) in [4.78, 5) is 48.8. The molecule has 1 saturated heterocycles. The molecule has 1 heterocycles. The zero-order chi connectivity index (χ0) is 27.2. The molecule has 4 rings (SSSR count). The Hall–Kier alpha value is -4.71. The highest BCUT2D eigenvalue weighted by Gasteiger charge is 2.35. The average molecular weight is 581 g/mol. The van der Waals surface area contributed by atoms with Crippen molar-refractivity contribution < 1.29 is 28.8 Å². The van der Waals surface area contributed by atoms with Crippen LogP contribution in [0, 0.1) is 10.1 Å². The van der Waals surface area contributed by atoms with Crippen LogP contribution >= 0.6 is 15.9 Å². The topological polar surface area (TPSA) is 140 Å². The van der Waals surface area contributed by atoms with Crippen LogP contribution in [-0.4, -0.2) is 41.3 Å². The number of carbonyl (C=O) groups is 3. The van der Waals surface area contributed by atoms with Crippen molar-refractivity contribution in [3.05, 3.63) is 98.1 Å². The number of halogens is 1. The zero-order valence-electron chi connectivity index (χ0n) is 20.0. The third-order valence-electron chi connectivity index (χ3n) is 5.45. The first-order valence-corrected chi connectivity index (χ1v) is 12.0. The van der Waals surface area contributed by atoms with Crippen LogP contribution in [0.2, 0.25) is 0 Å². The van der Waals surface area contributed by atoms with E-state index in [9.17, 15) is 24.5 Å². The lowest BCUT2D eigenvalue weighted by Gasteiger charge is -2.13. The van der Waals surface area contributed by atoms with Gasteiger partial charge in [-0.2, -0.15) is 0 Å². The van der Waals surface area contributed by atoms with Gasteiger partial charge in [-0.15, -0.1) is 0 Å². The van der Waals surface area contributed by atoms with E-state index in [0.717, 1.165) is 10.5 Å². The molecule has 1 fully saturated rings. The number of imide groups is 1. The molecule has 0 radical (unpaired) electrons. The number of carbonyl (C=O) groups excluding carboxylic acids is 3. The Morgan fingerprint density at radius 1 is 1.11 bits per heavy atom. The minimum absolute atomic E-state index is 0.00325. The monoisotopic (exact) mass is 580 g/mol. The molecule has 2 N–H and O–H groups in total. The van der Waals surface area contributed by atoms with Gasteiger partial charge in [-0.1, -0.05) is 18.2 Å². The van der Waals surface area contributed by atoms with E-state index in [1.54, 1.807) is 54.6 Å². The quantitative estimate of drug-likeness (QED) is 0.164. The van der Waals surface area contributed by atoms with Crippen LogP contribution in [0.1, 0.15) is 11.1 Å². The Kier molecular flexibility index (Phi) is 8.02. The second kappa shape index (κ2) is 11.6. The van der Waals surface area contributed by atoms with Crippen LogP contribution < -0.4 is 20.1 Å². The van der Waals surface area contributed by atoms with Crippen molar-refractivity contribution in [2.24, 2.45) is 0 Å². The number of non-ortho nitro benzene ring substituents is 1. The number of para-hydroxylation sites is 2. The number of nitro groups is 1. The van der Waals surface area contributed by atoms with E-state index < -0.39 is 29.3 Å². The number of ether oxygens (including phenoxy) is 2. The smallest absolute Gasteiger partial charge is 0.329 e. The van der Waals surface area contributed by atoms with Crippen molar-refractivity contribution in [3.63, 3.8) is 0 Å². The predicted molar refractivity (Wildman–Crippen MR) is 141 cm³/mol. The maximum Gasteiger partial charge on any atom is 0.329 e. The van der Waals surface area contributed by atoms with E-state index in [0.29, 0.717) is 27.2 Å². The van der Waals surface area contributed by atoms with Crippen molar-refractivity contribution in [2.45, 2.75) is 6.61 Å². The molecule has 1 aliphatic rings. The van der Waals surface area contributed by atoms with Gasteiger partial charge in [0.25, 0.3) is 11.6 Å². The first kappa shape index (κ1) is 26.4. The maximum atomic E-state index is 12.8. The number of nitro benzene ring substituents is 1. The number of nitrogens with zero attached hydrogens (tertiary/aromatic N) is 2. The van der Waals surface area contributed by atoms with Crippen molar-refractivity contribution in [2.75, 3.05) is 19.0 Å². The zero-order valence-corrected chi connectivity index (χ0v) is 21.6. The minimum Gasteiger partial charge on any atom is -0.495 e. The summed E-state index contributed by atoms with van der Waals surface area (Å²) in [6.45, 7) is -0.281. The number of hydrogen-bond acceptors (Lipinski definition) is 7. The maximum absolute atomic E-state index is 12.8. The summed E-state index contributed by atoms with van der Waals surface area (Å²) in [5, 5.41) is 15.9. The summed E-state index contributed by atoms with van der Waals surface area (Å²) in [6, 6.07) is 17.2. The first-order valence-electron chi connectivity index (χ1n) is 11.2. The van der Waals surface area contributed by atoms with Gasteiger partial charge in [0.2, 0.25) is 5.91 Å². The van der Waals surface area contributed by atoms with Crippen LogP contribution in [-0.2, 0) is 16.2 Å². The summed E-state index contributed by atoms with van der Waals surface area (Å²) in [6.07, 6.45) is 1.49. The Balaban J connectivity index is 1.39. The lowest BCUT2D eigenvalue weighted by Crippen LogP contribution is -2.38. The highest BCUT2D eigenvalue weighted by atomic mass is 79.9. The minimum atomic E-state index is -0.710. The number of amides is 4. The second-order valence-electron chi connectivity index (χ2n) is 8.03. The van der Waals surface area contributed by atoms with Crippen LogP contribution in [0.25, 0.3) is 6.08 Å². The number of benzene rings is 3. The van der Waals surface area contributed by atoms with Crippen LogP contribution in [0.15, 0.2) is 76.9 Å². The molecule has 4 amide bonds. The van der Waals surface area contributed by atoms with Crippen molar-refractivity contribution in [1.82, 2.24) is 10.2 Å². The molecule has 0 unspecified atom stereocenters. The fraction of sp³-hybridized carbons (Fsp3) is 0.115. The summed E-state index contributed by atoms with van der Waals surface area (Å²) in [5.41, 5.74) is 1.79. The fourth-order valence-corrected chi connectivity index (χ4v) is 4.07. The lowest BCUT2D eigenvalue weighted by molar-refractivity contribution is -0.384. The lowest BCUT2D eigenvalue weighted by atomic mass is 10.2. The number of anilines is 1. The van der Waals surface area contributed by atoms with Crippen LogP contribution in [0.3, 0.4) is 0 Å². The van der Waals surface area contributed by atoms with Gasteiger partial charge in [-0.25, -0.2) is 9.69 Å². The fourth-order valence-electron chi connectivity index (χ4n) is 3.56. The van der Waals surface area contributed by atoms with Crippen LogP contribution in [0.4, 0.5) is 16.2 Å². The van der Waals surface area contributed by atoms with Gasteiger partial charge >= 0.3 is 6.03 Å². The van der Waals surface area contributed by atoms with Crippen molar-refractivity contribution >= 4 is 51.2 Å². The molecule has 38 heavy (non-hydrogen) atoms. The van der Waals surface area contributed by atoms with Gasteiger partial charge in [-0.3, -0.25) is 19.7 Å². The number of nitrogens with one attached hydrogen (secondary N) is 2. The summed E-state index contributed by atoms with van der Waals surface area (Å²) >= 11 is 3.43. The van der Waals surface area contributed by atoms with Gasteiger partial charge < -0.3 is 20.1 Å². The van der Waals surface area contributed by atoms with Gasteiger partial charge in [0.1, 0.15) is 30.3 Å².